The first-order chi connectivity index (χ1) is 17.1. The van der Waals surface area contributed by atoms with Gasteiger partial charge in [-0.15, -0.1) is 0 Å². The van der Waals surface area contributed by atoms with E-state index in [1.54, 1.807) is 37.5 Å². The first-order valence-electron chi connectivity index (χ1n) is 11.0. The Morgan fingerprint density at radius 1 is 1.11 bits per heavy atom. The summed E-state index contributed by atoms with van der Waals surface area (Å²) >= 11 is 12.3. The third kappa shape index (κ3) is 5.43. The number of nitrogens with zero attached hydrogens (tertiary/aromatic N) is 3. The predicted molar refractivity (Wildman–Crippen MR) is 143 cm³/mol. The number of nitrogens with one attached hydrogen (secondary N) is 1. The minimum Gasteiger partial charge on any atom is -0.488 e. The van der Waals surface area contributed by atoms with Gasteiger partial charge < -0.3 is 31.8 Å². The molecule has 0 saturated heterocycles. The number of nitrogen functional groups attached to an aromatic ring is 2. The molecule has 0 spiro atoms. The lowest BCUT2D eigenvalue weighted by atomic mass is 10.0. The van der Waals surface area contributed by atoms with E-state index >= 15 is 0 Å². The van der Waals surface area contributed by atoms with Crippen LogP contribution in [0.15, 0.2) is 47.2 Å². The van der Waals surface area contributed by atoms with Crippen LogP contribution < -0.4 is 21.9 Å². The van der Waals surface area contributed by atoms with Crippen molar-refractivity contribution < 1.29 is 9.15 Å². The van der Waals surface area contributed by atoms with E-state index < -0.39 is 0 Å². The van der Waals surface area contributed by atoms with Crippen LogP contribution in [0.25, 0.3) is 22.5 Å². The molecular weight excluding hydrogens is 501 g/mol. The Labute approximate surface area is 218 Å². The quantitative estimate of drug-likeness (QED) is 0.235. The molecule has 0 saturated carbocycles. The zero-order valence-electron chi connectivity index (χ0n) is 19.7. The fourth-order valence-corrected chi connectivity index (χ4v) is 4.17. The Hall–Kier alpha value is -3.66. The minimum absolute atomic E-state index is 0.159. The van der Waals surface area contributed by atoms with E-state index in [1.807, 2.05) is 13.0 Å². The second-order valence-corrected chi connectivity index (χ2v) is 9.13. The monoisotopic (exact) mass is 525 g/mol. The third-order valence-electron chi connectivity index (χ3n) is 5.51. The van der Waals surface area contributed by atoms with Gasteiger partial charge in [-0.3, -0.25) is 0 Å². The predicted octanol–water partition coefficient (Wildman–Crippen LogP) is 4.91. The van der Waals surface area contributed by atoms with Gasteiger partial charge in [-0.05, 0) is 50.1 Å². The molecule has 0 bridgehead atoms. The smallest absolute Gasteiger partial charge is 0.166 e. The van der Waals surface area contributed by atoms with Gasteiger partial charge in [0.2, 0.25) is 0 Å². The van der Waals surface area contributed by atoms with Crippen LogP contribution in [0.1, 0.15) is 23.9 Å². The molecular formula is C25H25Cl2N7O2. The summed E-state index contributed by atoms with van der Waals surface area (Å²) < 4.78 is 11.5. The minimum atomic E-state index is -0.370. The van der Waals surface area contributed by atoms with Gasteiger partial charge in [-0.25, -0.2) is 15.0 Å². The summed E-state index contributed by atoms with van der Waals surface area (Å²) in [4.78, 5) is 13.4. The summed E-state index contributed by atoms with van der Waals surface area (Å²) in [5.41, 5.74) is 22.2. The van der Waals surface area contributed by atoms with E-state index in [-0.39, 0.29) is 35.7 Å². The van der Waals surface area contributed by atoms with Crippen molar-refractivity contribution in [1.82, 2.24) is 15.0 Å². The standard InChI is InChI=1S/C25H25Cl2N7O2/c1-12(28)22-25(31)32-10-20(33-22)18-9-21(24(30)34-23(18)17-5-6-35-13(17)2)36-11-16(29)7-14-3-4-15(26)8-19(14)27/h3-6,8-10,16,28H,7,11,29H2,1-2H3,(H2,30,34)(H2,31,32). The number of pyridine rings is 1. The van der Waals surface area contributed by atoms with E-state index in [1.165, 1.54) is 6.20 Å². The number of rotatable bonds is 8. The van der Waals surface area contributed by atoms with Crippen molar-refractivity contribution in [2.75, 3.05) is 18.1 Å². The topological polar surface area (TPSA) is 163 Å². The van der Waals surface area contributed by atoms with Crippen LogP contribution in [0, 0.1) is 12.3 Å². The summed E-state index contributed by atoms with van der Waals surface area (Å²) in [6.45, 7) is 3.58. The molecule has 36 heavy (non-hydrogen) atoms. The van der Waals surface area contributed by atoms with E-state index in [0.717, 1.165) is 11.1 Å². The van der Waals surface area contributed by atoms with Crippen LogP contribution in [0.5, 0.6) is 5.75 Å². The summed E-state index contributed by atoms with van der Waals surface area (Å²) in [5.74, 6) is 1.33. The SMILES string of the molecule is CC(=N)c1nc(-c2cc(OCC(N)Cc3ccc(Cl)cc3Cl)c(N)nc2-c2ccoc2C)cnc1N. The van der Waals surface area contributed by atoms with Gasteiger partial charge in [-0.1, -0.05) is 29.3 Å². The number of aromatic nitrogens is 3. The molecule has 0 fully saturated rings. The van der Waals surface area contributed by atoms with E-state index in [4.69, 9.17) is 55.0 Å². The van der Waals surface area contributed by atoms with Crippen molar-refractivity contribution in [3.63, 3.8) is 0 Å². The highest BCUT2D eigenvalue weighted by Crippen LogP contribution is 2.37. The fourth-order valence-electron chi connectivity index (χ4n) is 3.69. The maximum absolute atomic E-state index is 7.98. The highest BCUT2D eigenvalue weighted by atomic mass is 35.5. The first kappa shape index (κ1) is 25.4. The summed E-state index contributed by atoms with van der Waals surface area (Å²) in [5, 5.41) is 9.08. The van der Waals surface area contributed by atoms with Crippen molar-refractivity contribution in [2.45, 2.75) is 26.3 Å². The lowest BCUT2D eigenvalue weighted by Crippen LogP contribution is -2.30. The van der Waals surface area contributed by atoms with Crippen LogP contribution in [0.2, 0.25) is 10.0 Å². The van der Waals surface area contributed by atoms with E-state index in [0.29, 0.717) is 44.9 Å². The number of aryl methyl sites for hydroxylation is 1. The second kappa shape index (κ2) is 10.5. The summed E-state index contributed by atoms with van der Waals surface area (Å²) in [6, 6.07) is 8.43. The molecule has 9 nitrogen and oxygen atoms in total. The Bertz CT molecular complexity index is 1440. The zero-order valence-corrected chi connectivity index (χ0v) is 21.2. The highest BCUT2D eigenvalue weighted by Gasteiger charge is 2.20. The number of halogens is 2. The molecule has 0 aliphatic rings. The van der Waals surface area contributed by atoms with Crippen LogP contribution >= 0.6 is 23.2 Å². The Morgan fingerprint density at radius 3 is 2.56 bits per heavy atom. The van der Waals surface area contributed by atoms with E-state index in [9.17, 15) is 0 Å². The van der Waals surface area contributed by atoms with Gasteiger partial charge in [0.1, 0.15) is 18.1 Å². The molecule has 11 heteroatoms. The highest BCUT2D eigenvalue weighted by molar-refractivity contribution is 6.35. The normalized spacial score (nSPS) is 11.9. The molecule has 1 aromatic carbocycles. The Kier molecular flexibility index (Phi) is 7.44. The van der Waals surface area contributed by atoms with Crippen LogP contribution in [0.4, 0.5) is 11.6 Å². The average Bonchev–Trinajstić information content (AvgIpc) is 3.25. The van der Waals surface area contributed by atoms with Gasteiger partial charge in [-0.2, -0.15) is 0 Å². The lowest BCUT2D eigenvalue weighted by Gasteiger charge is -2.17. The summed E-state index contributed by atoms with van der Waals surface area (Å²) in [6.07, 6.45) is 3.57. The summed E-state index contributed by atoms with van der Waals surface area (Å²) in [7, 11) is 0. The maximum Gasteiger partial charge on any atom is 0.166 e. The largest absolute Gasteiger partial charge is 0.488 e. The maximum atomic E-state index is 7.98. The number of hydrogen-bond acceptors (Lipinski definition) is 9. The van der Waals surface area contributed by atoms with Crippen molar-refractivity contribution in [3.05, 3.63) is 69.9 Å². The molecule has 7 N–H and O–H groups in total. The van der Waals surface area contributed by atoms with Gasteiger partial charge >= 0.3 is 0 Å². The van der Waals surface area contributed by atoms with Gasteiger partial charge in [0.25, 0.3) is 0 Å². The molecule has 3 heterocycles. The lowest BCUT2D eigenvalue weighted by molar-refractivity contribution is 0.288. The molecule has 3 aromatic heterocycles. The molecule has 0 amide bonds. The number of ether oxygens (including phenoxy) is 1. The van der Waals surface area contributed by atoms with Crippen LogP contribution in [0.3, 0.4) is 0 Å². The van der Waals surface area contributed by atoms with Gasteiger partial charge in [0.05, 0.1) is 29.6 Å². The first-order valence-corrected chi connectivity index (χ1v) is 11.7. The van der Waals surface area contributed by atoms with Crippen molar-refractivity contribution in [1.29, 1.82) is 5.41 Å². The van der Waals surface area contributed by atoms with Gasteiger partial charge in [0.15, 0.2) is 17.4 Å². The van der Waals surface area contributed by atoms with Crippen LogP contribution in [-0.4, -0.2) is 33.3 Å². The molecule has 4 rings (SSSR count). The van der Waals surface area contributed by atoms with Crippen LogP contribution in [-0.2, 0) is 6.42 Å². The second-order valence-electron chi connectivity index (χ2n) is 8.28. The number of furan rings is 1. The number of nitrogens with two attached hydrogens (primary N) is 3. The molecule has 0 aliphatic heterocycles. The third-order valence-corrected chi connectivity index (χ3v) is 6.10. The average molecular weight is 526 g/mol. The van der Waals surface area contributed by atoms with Crippen molar-refractivity contribution in [3.8, 4) is 28.3 Å². The Balaban J connectivity index is 1.68. The Morgan fingerprint density at radius 2 is 1.89 bits per heavy atom. The number of benzene rings is 1. The molecule has 1 atom stereocenters. The molecule has 1 unspecified atom stereocenters. The van der Waals surface area contributed by atoms with Gasteiger partial charge in [0, 0.05) is 27.2 Å². The molecule has 4 aromatic rings. The zero-order chi connectivity index (χ0) is 26.0. The molecule has 0 radical (unpaired) electrons. The fraction of sp³-hybridized carbons (Fsp3) is 0.200. The number of hydrogen-bond donors (Lipinski definition) is 4. The van der Waals surface area contributed by atoms with E-state index in [2.05, 4.69) is 15.0 Å². The van der Waals surface area contributed by atoms with Crippen molar-refractivity contribution in [2.24, 2.45) is 5.73 Å². The number of anilines is 2. The molecule has 0 aliphatic carbocycles. The molecule has 186 valence electrons. The van der Waals surface area contributed by atoms with Crippen molar-refractivity contribution >= 4 is 40.5 Å².